The number of hydrogen-bond donors (Lipinski definition) is 0. The molecule has 0 N–H and O–H groups in total. The molecule has 5 rings (SSSR count). The molecule has 1 aromatic heterocycles. The van der Waals surface area contributed by atoms with Crippen LogP contribution in [0, 0.1) is 18.6 Å². The van der Waals surface area contributed by atoms with Crippen molar-refractivity contribution in [2.24, 2.45) is 4.99 Å². The maximum atomic E-state index is 14.0. The Kier molecular flexibility index (Phi) is 9.50. The Labute approximate surface area is 251 Å². The molecule has 4 aromatic rings. The Bertz CT molecular complexity index is 1560. The van der Waals surface area contributed by atoms with E-state index in [0.29, 0.717) is 12.3 Å². The topological polar surface area (TPSA) is 28.1 Å². The van der Waals surface area contributed by atoms with E-state index in [0.717, 1.165) is 58.9 Å². The number of likely N-dealkylation sites (tertiary alicyclic amines) is 1. The Hall–Kier alpha value is -3.81. The second-order valence-electron chi connectivity index (χ2n) is 10.7. The van der Waals surface area contributed by atoms with E-state index in [1.54, 1.807) is 24.4 Å². The number of aliphatic imine (C=N–C) groups is 1. The number of nitrogens with zero attached hydrogens (tertiary/aromatic N) is 3. The van der Waals surface area contributed by atoms with Gasteiger partial charge in [-0.1, -0.05) is 49.0 Å². The van der Waals surface area contributed by atoms with Gasteiger partial charge >= 0.3 is 0 Å². The lowest BCUT2D eigenvalue weighted by molar-refractivity contribution is 0.0625. The lowest BCUT2D eigenvalue weighted by Crippen LogP contribution is -2.50. The van der Waals surface area contributed by atoms with Gasteiger partial charge in [-0.05, 0) is 80.6 Å². The number of aryl methyl sites for hydroxylation is 1. The number of halogens is 2. The second-order valence-corrected chi connectivity index (χ2v) is 11.6. The maximum absolute atomic E-state index is 14.0. The zero-order valence-electron chi connectivity index (χ0n) is 24.4. The van der Waals surface area contributed by atoms with E-state index >= 15 is 0 Å². The van der Waals surface area contributed by atoms with Gasteiger partial charge in [0.2, 0.25) is 0 Å². The summed E-state index contributed by atoms with van der Waals surface area (Å²) in [7, 11) is 0. The van der Waals surface area contributed by atoms with Crippen molar-refractivity contribution in [3.63, 3.8) is 0 Å². The van der Waals surface area contributed by atoms with Crippen molar-refractivity contribution in [1.29, 1.82) is 0 Å². The molecule has 1 aliphatic rings. The Morgan fingerprint density at radius 1 is 1.07 bits per heavy atom. The monoisotopic (exact) mass is 585 g/mol. The molecule has 1 unspecified atom stereocenters. The van der Waals surface area contributed by atoms with Gasteiger partial charge in [0.05, 0.1) is 16.7 Å². The number of para-hydroxylation sites is 1. The first-order valence-electron chi connectivity index (χ1n) is 14.4. The molecule has 7 heteroatoms. The van der Waals surface area contributed by atoms with Gasteiger partial charge in [-0.25, -0.2) is 8.78 Å². The first kappa shape index (κ1) is 29.7. The third-order valence-electron chi connectivity index (χ3n) is 7.84. The molecule has 0 aliphatic carbocycles. The highest BCUT2D eigenvalue weighted by molar-refractivity contribution is 7.12. The number of benzene rings is 3. The van der Waals surface area contributed by atoms with Crippen LogP contribution in [0.5, 0.6) is 0 Å². The van der Waals surface area contributed by atoms with Gasteiger partial charge in [-0.2, -0.15) is 0 Å². The maximum Gasteiger partial charge on any atom is 0.131 e. The Morgan fingerprint density at radius 2 is 1.79 bits per heavy atom. The van der Waals surface area contributed by atoms with Crippen molar-refractivity contribution in [2.45, 2.75) is 52.4 Å². The molecule has 1 aliphatic heterocycles. The van der Waals surface area contributed by atoms with Gasteiger partial charge in [-0.3, -0.25) is 9.89 Å². The van der Waals surface area contributed by atoms with Crippen molar-refractivity contribution < 1.29 is 13.5 Å². The minimum absolute atomic E-state index is 0.0363. The molecule has 0 saturated carbocycles. The highest BCUT2D eigenvalue weighted by Gasteiger charge is 2.29. The van der Waals surface area contributed by atoms with Crippen LogP contribution in [0.4, 0.5) is 20.2 Å². The van der Waals surface area contributed by atoms with Crippen LogP contribution < -0.4 is 4.90 Å². The molecular weight excluding hydrogens is 548 g/mol. The van der Waals surface area contributed by atoms with Crippen LogP contribution in [0.2, 0.25) is 0 Å². The number of anilines is 1. The molecule has 3 aromatic carbocycles. The smallest absolute Gasteiger partial charge is 0.131 e. The van der Waals surface area contributed by atoms with E-state index in [2.05, 4.69) is 53.4 Å². The molecule has 4 nitrogen and oxygen atoms in total. The van der Waals surface area contributed by atoms with Crippen molar-refractivity contribution in [2.75, 3.05) is 18.0 Å². The van der Waals surface area contributed by atoms with Crippen molar-refractivity contribution >= 4 is 34.7 Å². The molecule has 1 atom stereocenters. The molecule has 0 radical (unpaired) electrons. The van der Waals surface area contributed by atoms with Crippen LogP contribution in [0.15, 0.2) is 89.7 Å². The lowest BCUT2D eigenvalue weighted by atomic mass is 10.1. The molecule has 0 amide bonds. The normalized spacial score (nSPS) is 15.2. The third kappa shape index (κ3) is 6.80. The summed E-state index contributed by atoms with van der Waals surface area (Å²) in [4.78, 5) is 10.3. The SMILES string of the molecule is C=C(OC1CCN(C(C)N(Cc2cccc(F)c2)c2ccccc2C)CC1)c1scc(-c2cccc(F)c2)c1N=CC. The molecule has 2 heterocycles. The predicted octanol–water partition coefficient (Wildman–Crippen LogP) is 9.23. The standard InChI is InChI=1S/C35H37F2N3OS/c1-5-38-34-32(28-12-9-14-30(37)21-28)23-42-35(34)25(3)41-31-16-18-39(19-17-31)26(4)40(33-15-7-6-10-24(33)2)22-27-11-8-13-29(36)20-27/h5-15,20-21,23,26,31H,3,16-19,22H2,1-2,4H3. The van der Waals surface area contributed by atoms with Gasteiger partial charge in [0.25, 0.3) is 0 Å². The zero-order valence-corrected chi connectivity index (χ0v) is 25.2. The molecular formula is C35H37F2N3OS. The molecule has 0 bridgehead atoms. The summed E-state index contributed by atoms with van der Waals surface area (Å²) in [5.41, 5.74) is 5.69. The number of rotatable bonds is 10. The quantitative estimate of drug-likeness (QED) is 0.137. The van der Waals surface area contributed by atoms with Crippen LogP contribution in [0.25, 0.3) is 16.9 Å². The van der Waals surface area contributed by atoms with Gasteiger partial charge in [0, 0.05) is 42.5 Å². The molecule has 0 spiro atoms. The van der Waals surface area contributed by atoms with Crippen molar-refractivity contribution in [1.82, 2.24) is 4.90 Å². The largest absolute Gasteiger partial charge is 0.489 e. The van der Waals surface area contributed by atoms with E-state index in [1.165, 1.54) is 35.1 Å². The minimum Gasteiger partial charge on any atom is -0.489 e. The fraction of sp³-hybridized carbons (Fsp3) is 0.286. The first-order chi connectivity index (χ1) is 20.3. The van der Waals surface area contributed by atoms with Crippen molar-refractivity contribution in [3.8, 4) is 11.1 Å². The van der Waals surface area contributed by atoms with E-state index in [-0.39, 0.29) is 23.9 Å². The van der Waals surface area contributed by atoms with Crippen LogP contribution in [-0.4, -0.2) is 36.5 Å². The predicted molar refractivity (Wildman–Crippen MR) is 171 cm³/mol. The third-order valence-corrected chi connectivity index (χ3v) is 8.85. The lowest BCUT2D eigenvalue weighted by Gasteiger charge is -2.43. The highest BCUT2D eigenvalue weighted by atomic mass is 32.1. The van der Waals surface area contributed by atoms with Gasteiger partial charge in [-0.15, -0.1) is 11.3 Å². The second kappa shape index (κ2) is 13.4. The average Bonchev–Trinajstić information content (AvgIpc) is 3.40. The first-order valence-corrected chi connectivity index (χ1v) is 15.2. The number of ether oxygens (including phenoxy) is 1. The fourth-order valence-electron chi connectivity index (χ4n) is 5.62. The summed E-state index contributed by atoms with van der Waals surface area (Å²) < 4.78 is 34.4. The number of hydrogen-bond acceptors (Lipinski definition) is 5. The zero-order chi connectivity index (χ0) is 29.6. The average molecular weight is 586 g/mol. The summed E-state index contributed by atoms with van der Waals surface area (Å²) in [6.07, 6.45) is 3.61. The molecule has 1 saturated heterocycles. The van der Waals surface area contributed by atoms with Gasteiger partial charge in [0.15, 0.2) is 0 Å². The van der Waals surface area contributed by atoms with E-state index in [4.69, 9.17) is 4.74 Å². The van der Waals surface area contributed by atoms with E-state index in [9.17, 15) is 8.78 Å². The van der Waals surface area contributed by atoms with Crippen LogP contribution in [0.3, 0.4) is 0 Å². The van der Waals surface area contributed by atoms with Gasteiger partial charge in [0.1, 0.15) is 23.5 Å². The summed E-state index contributed by atoms with van der Waals surface area (Å²) >= 11 is 1.52. The molecule has 42 heavy (non-hydrogen) atoms. The van der Waals surface area contributed by atoms with Crippen molar-refractivity contribution in [3.05, 3.63) is 112 Å². The highest BCUT2D eigenvalue weighted by Crippen LogP contribution is 2.42. The summed E-state index contributed by atoms with van der Waals surface area (Å²) in [5, 5.41) is 1.99. The molecule has 1 fully saturated rings. The molecule has 218 valence electrons. The summed E-state index contributed by atoms with van der Waals surface area (Å²) in [6, 6.07) is 21.8. The Balaban J connectivity index is 1.27. The van der Waals surface area contributed by atoms with Crippen LogP contribution in [0.1, 0.15) is 42.7 Å². The number of thiophene rings is 1. The van der Waals surface area contributed by atoms with Crippen LogP contribution >= 0.6 is 11.3 Å². The van der Waals surface area contributed by atoms with Gasteiger partial charge < -0.3 is 9.64 Å². The number of piperidine rings is 1. The summed E-state index contributed by atoms with van der Waals surface area (Å²) in [5.74, 6) is 0.103. The van der Waals surface area contributed by atoms with E-state index in [1.807, 2.05) is 30.5 Å². The van der Waals surface area contributed by atoms with E-state index < -0.39 is 0 Å². The van der Waals surface area contributed by atoms with Crippen LogP contribution in [-0.2, 0) is 11.3 Å². The minimum atomic E-state index is -0.278. The Morgan fingerprint density at radius 3 is 2.48 bits per heavy atom. The fourth-order valence-corrected chi connectivity index (χ4v) is 6.56. The summed E-state index contributed by atoms with van der Waals surface area (Å²) in [6.45, 7) is 12.8.